The summed E-state index contributed by atoms with van der Waals surface area (Å²) in [6.45, 7) is 5.69. The number of para-hydroxylation sites is 1. The van der Waals surface area contributed by atoms with Gasteiger partial charge < -0.3 is 15.1 Å². The van der Waals surface area contributed by atoms with Crippen molar-refractivity contribution in [1.29, 1.82) is 0 Å². The number of halogens is 1. The molecule has 0 radical (unpaired) electrons. The summed E-state index contributed by atoms with van der Waals surface area (Å²) >= 11 is 3.46. The van der Waals surface area contributed by atoms with Gasteiger partial charge in [0, 0.05) is 42.0 Å². The van der Waals surface area contributed by atoms with Gasteiger partial charge in [-0.05, 0) is 42.8 Å². The van der Waals surface area contributed by atoms with Gasteiger partial charge in [-0.3, -0.25) is 4.79 Å². The van der Waals surface area contributed by atoms with E-state index in [2.05, 4.69) is 50.4 Å². The van der Waals surface area contributed by atoms with Gasteiger partial charge in [0.2, 0.25) is 5.91 Å². The molecule has 24 heavy (non-hydrogen) atoms. The zero-order valence-corrected chi connectivity index (χ0v) is 15.4. The van der Waals surface area contributed by atoms with Crippen molar-refractivity contribution in [3.05, 3.63) is 58.6 Å². The Morgan fingerprint density at radius 1 is 1.08 bits per heavy atom. The molecule has 1 saturated heterocycles. The van der Waals surface area contributed by atoms with Crippen molar-refractivity contribution in [1.82, 2.24) is 4.90 Å². The normalized spacial score (nSPS) is 14.6. The lowest BCUT2D eigenvalue weighted by atomic mass is 10.2. The monoisotopic (exact) mass is 387 g/mol. The van der Waals surface area contributed by atoms with E-state index < -0.39 is 0 Å². The van der Waals surface area contributed by atoms with Crippen LogP contribution in [0.4, 0.5) is 11.4 Å². The van der Waals surface area contributed by atoms with Crippen LogP contribution in [0, 0.1) is 6.92 Å². The van der Waals surface area contributed by atoms with Crippen LogP contribution in [0.2, 0.25) is 0 Å². The van der Waals surface area contributed by atoms with E-state index in [-0.39, 0.29) is 5.91 Å². The molecule has 0 aromatic heterocycles. The van der Waals surface area contributed by atoms with Gasteiger partial charge in [-0.2, -0.15) is 0 Å². The number of carbonyl (C=O) groups excluding carboxylic acids is 1. The number of aryl methyl sites for hydroxylation is 1. The van der Waals surface area contributed by atoms with Crippen LogP contribution in [0.1, 0.15) is 5.56 Å². The predicted octanol–water partition coefficient (Wildman–Crippen LogP) is 3.52. The number of rotatable bonds is 4. The van der Waals surface area contributed by atoms with Gasteiger partial charge in [0.1, 0.15) is 0 Å². The Kier molecular flexibility index (Phi) is 5.41. The average Bonchev–Trinajstić information content (AvgIpc) is 2.62. The molecule has 0 spiro atoms. The molecule has 0 unspecified atom stereocenters. The van der Waals surface area contributed by atoms with Gasteiger partial charge in [0.05, 0.1) is 6.54 Å². The maximum atomic E-state index is 12.4. The Balaban J connectivity index is 1.50. The molecule has 4 nitrogen and oxygen atoms in total. The molecule has 2 aromatic rings. The van der Waals surface area contributed by atoms with Gasteiger partial charge >= 0.3 is 0 Å². The molecule has 0 bridgehead atoms. The number of nitrogens with zero attached hydrogens (tertiary/aromatic N) is 2. The third kappa shape index (κ3) is 4.09. The van der Waals surface area contributed by atoms with Crippen LogP contribution in [0.3, 0.4) is 0 Å². The third-order valence-electron chi connectivity index (χ3n) is 4.37. The average molecular weight is 388 g/mol. The second kappa shape index (κ2) is 7.71. The van der Waals surface area contributed by atoms with Gasteiger partial charge in [-0.25, -0.2) is 0 Å². The van der Waals surface area contributed by atoms with Crippen LogP contribution in [-0.2, 0) is 4.79 Å². The number of anilines is 2. The van der Waals surface area contributed by atoms with Crippen molar-refractivity contribution in [2.24, 2.45) is 0 Å². The van der Waals surface area contributed by atoms with E-state index in [0.29, 0.717) is 6.54 Å². The van der Waals surface area contributed by atoms with Crippen LogP contribution in [-0.4, -0.2) is 43.5 Å². The highest BCUT2D eigenvalue weighted by Gasteiger charge is 2.20. The lowest BCUT2D eigenvalue weighted by Gasteiger charge is -2.36. The van der Waals surface area contributed by atoms with Crippen LogP contribution in [0.25, 0.3) is 0 Å². The summed E-state index contributed by atoms with van der Waals surface area (Å²) in [5, 5.41) is 3.25. The van der Waals surface area contributed by atoms with Crippen molar-refractivity contribution >= 4 is 33.2 Å². The quantitative estimate of drug-likeness (QED) is 0.871. The Bertz CT molecular complexity index is 697. The Morgan fingerprint density at radius 3 is 2.46 bits per heavy atom. The second-order valence-electron chi connectivity index (χ2n) is 6.02. The van der Waals surface area contributed by atoms with E-state index in [1.165, 1.54) is 5.69 Å². The van der Waals surface area contributed by atoms with Gasteiger partial charge in [0.25, 0.3) is 0 Å². The fraction of sp³-hybridized carbons (Fsp3) is 0.316. The fourth-order valence-electron chi connectivity index (χ4n) is 2.96. The number of nitrogens with one attached hydrogen (secondary N) is 1. The van der Waals surface area contributed by atoms with E-state index in [0.717, 1.165) is 41.9 Å². The summed E-state index contributed by atoms with van der Waals surface area (Å²) in [7, 11) is 0. The summed E-state index contributed by atoms with van der Waals surface area (Å²) in [4.78, 5) is 16.7. The number of hydrogen-bond acceptors (Lipinski definition) is 3. The van der Waals surface area contributed by atoms with E-state index >= 15 is 0 Å². The van der Waals surface area contributed by atoms with E-state index in [9.17, 15) is 4.79 Å². The van der Waals surface area contributed by atoms with E-state index in [4.69, 9.17) is 0 Å². The summed E-state index contributed by atoms with van der Waals surface area (Å²) in [5.41, 5.74) is 3.37. The molecule has 1 aliphatic heterocycles. The first kappa shape index (κ1) is 16.8. The number of amides is 1. The number of piperazine rings is 1. The summed E-state index contributed by atoms with van der Waals surface area (Å²) in [6, 6.07) is 16.4. The minimum Gasteiger partial charge on any atom is -0.376 e. The molecule has 1 N–H and O–H groups in total. The Labute approximate surface area is 151 Å². The second-order valence-corrected chi connectivity index (χ2v) is 6.93. The van der Waals surface area contributed by atoms with Crippen molar-refractivity contribution in [3.8, 4) is 0 Å². The zero-order valence-electron chi connectivity index (χ0n) is 13.8. The maximum Gasteiger partial charge on any atom is 0.241 e. The largest absolute Gasteiger partial charge is 0.376 e. The molecule has 0 atom stereocenters. The number of hydrogen-bond donors (Lipinski definition) is 1. The first-order valence-electron chi connectivity index (χ1n) is 8.21. The van der Waals surface area contributed by atoms with Crippen LogP contribution in [0.15, 0.2) is 53.0 Å². The van der Waals surface area contributed by atoms with Crippen molar-refractivity contribution in [2.75, 3.05) is 42.9 Å². The molecule has 0 saturated carbocycles. The van der Waals surface area contributed by atoms with Crippen LogP contribution >= 0.6 is 15.9 Å². The highest BCUT2D eigenvalue weighted by molar-refractivity contribution is 9.10. The molecule has 126 valence electrons. The molecular weight excluding hydrogens is 366 g/mol. The van der Waals surface area contributed by atoms with E-state index in [1.807, 2.05) is 36.1 Å². The predicted molar refractivity (Wildman–Crippen MR) is 103 cm³/mol. The van der Waals surface area contributed by atoms with Crippen molar-refractivity contribution in [3.63, 3.8) is 0 Å². The van der Waals surface area contributed by atoms with Gasteiger partial charge in [-0.1, -0.05) is 34.1 Å². The number of benzene rings is 2. The standard InChI is InChI=1S/C19H22BrN3O/c1-15-13-16(20)7-8-18(15)21-14-19(24)23-11-9-22(10-12-23)17-5-3-2-4-6-17/h2-8,13,21H,9-12,14H2,1H3. The highest BCUT2D eigenvalue weighted by Crippen LogP contribution is 2.20. The lowest BCUT2D eigenvalue weighted by molar-refractivity contribution is -0.129. The molecule has 1 heterocycles. The minimum absolute atomic E-state index is 0.157. The first-order chi connectivity index (χ1) is 11.6. The van der Waals surface area contributed by atoms with Crippen LogP contribution < -0.4 is 10.2 Å². The number of carbonyl (C=O) groups is 1. The molecule has 1 fully saturated rings. The van der Waals surface area contributed by atoms with E-state index in [1.54, 1.807) is 0 Å². The first-order valence-corrected chi connectivity index (χ1v) is 9.00. The summed E-state index contributed by atoms with van der Waals surface area (Å²) < 4.78 is 1.05. The fourth-order valence-corrected chi connectivity index (χ4v) is 3.44. The Morgan fingerprint density at radius 2 is 1.79 bits per heavy atom. The maximum absolute atomic E-state index is 12.4. The van der Waals surface area contributed by atoms with Gasteiger partial charge in [0.15, 0.2) is 0 Å². The molecule has 1 aliphatic rings. The van der Waals surface area contributed by atoms with Crippen molar-refractivity contribution < 1.29 is 4.79 Å². The molecular formula is C19H22BrN3O. The van der Waals surface area contributed by atoms with Crippen LogP contribution in [0.5, 0.6) is 0 Å². The lowest BCUT2D eigenvalue weighted by Crippen LogP contribution is -2.50. The zero-order chi connectivity index (χ0) is 16.9. The van der Waals surface area contributed by atoms with Crippen molar-refractivity contribution in [2.45, 2.75) is 6.92 Å². The molecule has 5 heteroatoms. The Hall–Kier alpha value is -2.01. The summed E-state index contributed by atoms with van der Waals surface area (Å²) in [6.07, 6.45) is 0. The highest BCUT2D eigenvalue weighted by atomic mass is 79.9. The molecule has 0 aliphatic carbocycles. The summed E-state index contributed by atoms with van der Waals surface area (Å²) in [5.74, 6) is 0.157. The molecule has 1 amide bonds. The minimum atomic E-state index is 0.157. The topological polar surface area (TPSA) is 35.6 Å². The SMILES string of the molecule is Cc1cc(Br)ccc1NCC(=O)N1CCN(c2ccccc2)CC1. The third-order valence-corrected chi connectivity index (χ3v) is 4.87. The molecule has 2 aromatic carbocycles. The smallest absolute Gasteiger partial charge is 0.241 e. The van der Waals surface area contributed by atoms with Gasteiger partial charge in [-0.15, -0.1) is 0 Å². The molecule has 3 rings (SSSR count).